The molecular formula is C20H32N2O5. The fourth-order valence-corrected chi connectivity index (χ4v) is 2.30. The van der Waals surface area contributed by atoms with Crippen molar-refractivity contribution in [2.24, 2.45) is 5.92 Å². The summed E-state index contributed by atoms with van der Waals surface area (Å²) in [6.07, 6.45) is 2.22. The highest BCUT2D eigenvalue weighted by atomic mass is 16.5. The molecule has 27 heavy (non-hydrogen) atoms. The molecule has 0 saturated carbocycles. The Bertz CT molecular complexity index is 588. The third-order valence-electron chi connectivity index (χ3n) is 3.41. The first kappa shape index (κ1) is 24.4. The molecule has 0 aliphatic heterocycles. The van der Waals surface area contributed by atoms with Crippen molar-refractivity contribution in [3.05, 3.63) is 29.3 Å². The molecule has 0 saturated heterocycles. The van der Waals surface area contributed by atoms with Gasteiger partial charge in [0, 0.05) is 13.5 Å². The molecule has 0 aromatic heterocycles. The van der Waals surface area contributed by atoms with Crippen LogP contribution < -0.4 is 15.4 Å². The maximum absolute atomic E-state index is 11.3. The number of hydrogen-bond acceptors (Lipinski definition) is 5. The molecule has 1 aromatic rings. The van der Waals surface area contributed by atoms with Gasteiger partial charge >= 0.3 is 5.97 Å². The summed E-state index contributed by atoms with van der Waals surface area (Å²) in [5.74, 6) is 1.08. The minimum atomic E-state index is -0.211. The SMILES string of the molecule is CCOC(C)=O.COc1cc(CCNC(=O)CNC=O)ccc1CC(C)C. The molecule has 7 nitrogen and oxygen atoms in total. The van der Waals surface area contributed by atoms with Gasteiger partial charge in [0.25, 0.3) is 0 Å². The molecule has 0 unspecified atom stereocenters. The van der Waals surface area contributed by atoms with Crippen LogP contribution >= 0.6 is 0 Å². The molecule has 1 rings (SSSR count). The highest BCUT2D eigenvalue weighted by Crippen LogP contribution is 2.23. The van der Waals surface area contributed by atoms with E-state index in [2.05, 4.69) is 41.4 Å². The van der Waals surface area contributed by atoms with E-state index in [0.717, 1.165) is 24.2 Å². The first-order chi connectivity index (χ1) is 12.8. The third kappa shape index (κ3) is 12.4. The summed E-state index contributed by atoms with van der Waals surface area (Å²) >= 11 is 0. The van der Waals surface area contributed by atoms with Crippen molar-refractivity contribution in [1.82, 2.24) is 10.6 Å². The highest BCUT2D eigenvalue weighted by molar-refractivity contribution is 5.79. The van der Waals surface area contributed by atoms with Crippen molar-refractivity contribution >= 4 is 18.3 Å². The minimum Gasteiger partial charge on any atom is -0.496 e. The largest absolute Gasteiger partial charge is 0.496 e. The highest BCUT2D eigenvalue weighted by Gasteiger charge is 2.07. The molecule has 152 valence electrons. The number of amides is 2. The van der Waals surface area contributed by atoms with Gasteiger partial charge in [-0.15, -0.1) is 0 Å². The van der Waals surface area contributed by atoms with E-state index in [1.165, 1.54) is 12.5 Å². The van der Waals surface area contributed by atoms with Crippen molar-refractivity contribution in [2.75, 3.05) is 26.8 Å². The third-order valence-corrected chi connectivity index (χ3v) is 3.41. The summed E-state index contributed by atoms with van der Waals surface area (Å²) < 4.78 is 9.83. The van der Waals surface area contributed by atoms with Gasteiger partial charge in [-0.3, -0.25) is 14.4 Å². The monoisotopic (exact) mass is 380 g/mol. The Kier molecular flexibility index (Phi) is 13.2. The molecule has 0 fully saturated rings. The molecule has 0 aliphatic rings. The Morgan fingerprint density at radius 3 is 2.44 bits per heavy atom. The van der Waals surface area contributed by atoms with Crippen LogP contribution in [-0.2, 0) is 32.0 Å². The number of benzene rings is 1. The number of hydrogen-bond donors (Lipinski definition) is 2. The summed E-state index contributed by atoms with van der Waals surface area (Å²) in [6.45, 7) is 8.55. The predicted molar refractivity (Wildman–Crippen MR) is 105 cm³/mol. The van der Waals surface area contributed by atoms with Crippen molar-refractivity contribution in [2.45, 2.75) is 40.5 Å². The van der Waals surface area contributed by atoms with Gasteiger partial charge in [-0.1, -0.05) is 26.0 Å². The number of carbonyl (C=O) groups excluding carboxylic acids is 3. The van der Waals surface area contributed by atoms with Gasteiger partial charge in [0.1, 0.15) is 5.75 Å². The van der Waals surface area contributed by atoms with Crippen molar-refractivity contribution < 1.29 is 23.9 Å². The minimum absolute atomic E-state index is 0.0140. The van der Waals surface area contributed by atoms with Gasteiger partial charge in [-0.05, 0) is 42.9 Å². The van der Waals surface area contributed by atoms with Gasteiger partial charge in [0.15, 0.2) is 0 Å². The topological polar surface area (TPSA) is 93.7 Å². The van der Waals surface area contributed by atoms with Crippen LogP contribution in [0.4, 0.5) is 0 Å². The molecule has 0 spiro atoms. The molecule has 0 aliphatic carbocycles. The van der Waals surface area contributed by atoms with Gasteiger partial charge in [0.05, 0.1) is 20.3 Å². The summed E-state index contributed by atoms with van der Waals surface area (Å²) in [4.78, 5) is 31.2. The quantitative estimate of drug-likeness (QED) is 0.477. The molecular weight excluding hydrogens is 348 g/mol. The number of rotatable bonds is 10. The fourth-order valence-electron chi connectivity index (χ4n) is 2.30. The first-order valence-electron chi connectivity index (χ1n) is 9.06. The van der Waals surface area contributed by atoms with Crippen LogP contribution in [0.15, 0.2) is 18.2 Å². The van der Waals surface area contributed by atoms with E-state index in [9.17, 15) is 14.4 Å². The zero-order valence-electron chi connectivity index (χ0n) is 17.0. The molecule has 0 bridgehead atoms. The number of nitrogens with one attached hydrogen (secondary N) is 2. The lowest BCUT2D eigenvalue weighted by atomic mass is 9.99. The smallest absolute Gasteiger partial charge is 0.302 e. The van der Waals surface area contributed by atoms with Crippen LogP contribution in [0.25, 0.3) is 0 Å². The van der Waals surface area contributed by atoms with Gasteiger partial charge in [-0.25, -0.2) is 0 Å². The molecule has 0 atom stereocenters. The van der Waals surface area contributed by atoms with Crippen LogP contribution in [0.1, 0.15) is 38.8 Å². The van der Waals surface area contributed by atoms with E-state index in [0.29, 0.717) is 25.5 Å². The van der Waals surface area contributed by atoms with Crippen LogP contribution in [0.3, 0.4) is 0 Å². The predicted octanol–water partition coefficient (Wildman–Crippen LogP) is 1.87. The Morgan fingerprint density at radius 1 is 1.26 bits per heavy atom. The molecule has 0 radical (unpaired) electrons. The summed E-state index contributed by atoms with van der Waals surface area (Å²) in [5.41, 5.74) is 2.32. The number of esters is 1. The second-order valence-electron chi connectivity index (χ2n) is 6.27. The maximum Gasteiger partial charge on any atom is 0.302 e. The zero-order chi connectivity index (χ0) is 20.7. The lowest BCUT2D eigenvalue weighted by Crippen LogP contribution is -2.34. The van der Waals surface area contributed by atoms with Crippen LogP contribution in [0.5, 0.6) is 5.75 Å². The average Bonchev–Trinajstić information content (AvgIpc) is 2.61. The number of carbonyl (C=O) groups is 3. The first-order valence-corrected chi connectivity index (χ1v) is 9.06. The zero-order valence-corrected chi connectivity index (χ0v) is 17.0. The van der Waals surface area contributed by atoms with Crippen LogP contribution in [0, 0.1) is 5.92 Å². The summed E-state index contributed by atoms with van der Waals surface area (Å²) in [7, 11) is 1.68. The molecule has 0 heterocycles. The lowest BCUT2D eigenvalue weighted by molar-refractivity contribution is -0.140. The van der Waals surface area contributed by atoms with Crippen molar-refractivity contribution in [3.8, 4) is 5.75 Å². The number of methoxy groups -OCH3 is 1. The van der Waals surface area contributed by atoms with Crippen LogP contribution in [-0.4, -0.2) is 45.1 Å². The van der Waals surface area contributed by atoms with Gasteiger partial charge in [-0.2, -0.15) is 0 Å². The summed E-state index contributed by atoms with van der Waals surface area (Å²) in [6, 6.07) is 6.17. The standard InChI is InChI=1S/C16H24N2O3.C4H8O2/c1-12(2)8-14-5-4-13(9-15(14)21-3)6-7-18-16(20)10-17-11-19;1-3-6-4(2)5/h4-5,9,11-12H,6-8,10H2,1-3H3,(H,17,19)(H,18,20);3H2,1-2H3. The lowest BCUT2D eigenvalue weighted by Gasteiger charge is -2.12. The maximum atomic E-state index is 11.3. The Morgan fingerprint density at radius 2 is 1.96 bits per heavy atom. The van der Waals surface area contributed by atoms with E-state index in [1.807, 2.05) is 6.07 Å². The van der Waals surface area contributed by atoms with E-state index in [-0.39, 0.29) is 18.4 Å². The summed E-state index contributed by atoms with van der Waals surface area (Å²) in [5, 5.41) is 5.08. The van der Waals surface area contributed by atoms with E-state index >= 15 is 0 Å². The van der Waals surface area contributed by atoms with Crippen LogP contribution in [0.2, 0.25) is 0 Å². The van der Waals surface area contributed by atoms with E-state index in [1.54, 1.807) is 14.0 Å². The fraction of sp³-hybridized carbons (Fsp3) is 0.550. The van der Waals surface area contributed by atoms with Crippen molar-refractivity contribution in [3.63, 3.8) is 0 Å². The normalized spacial score (nSPS) is 9.70. The molecule has 2 amide bonds. The Labute approximate surface area is 161 Å². The van der Waals surface area contributed by atoms with E-state index < -0.39 is 0 Å². The molecule has 7 heteroatoms. The molecule has 2 N–H and O–H groups in total. The van der Waals surface area contributed by atoms with Crippen molar-refractivity contribution in [1.29, 1.82) is 0 Å². The van der Waals surface area contributed by atoms with E-state index in [4.69, 9.17) is 4.74 Å². The van der Waals surface area contributed by atoms with Gasteiger partial charge < -0.3 is 20.1 Å². The van der Waals surface area contributed by atoms with Gasteiger partial charge in [0.2, 0.25) is 12.3 Å². The molecule has 1 aromatic carbocycles. The average molecular weight is 380 g/mol. The second kappa shape index (κ2) is 14.6. The second-order valence-corrected chi connectivity index (χ2v) is 6.27. The number of ether oxygens (including phenoxy) is 2. The Balaban J connectivity index is 0.000000972. The Hall–Kier alpha value is -2.57.